The maximum Gasteiger partial charge on any atom is 0.300 e. The summed E-state index contributed by atoms with van der Waals surface area (Å²) < 4.78 is 6.32. The van der Waals surface area contributed by atoms with E-state index in [1.54, 1.807) is 0 Å². The molecule has 3 aromatic rings. The number of hydrogen-bond acceptors (Lipinski definition) is 6. The highest BCUT2D eigenvalue weighted by atomic mass is 79.9. The Labute approximate surface area is 195 Å². The van der Waals surface area contributed by atoms with E-state index < -0.39 is 0 Å². The lowest BCUT2D eigenvalue weighted by molar-refractivity contribution is -0.111. The predicted molar refractivity (Wildman–Crippen MR) is 130 cm³/mol. The number of morpholine rings is 1. The molecule has 8 heteroatoms. The molecule has 0 saturated carbocycles. The standard InChI is InChI=1S/C24H24BrN5O2/c25-18-5-4-6-19(15-18)29-24-21-16-20(8-9-22(21)26-17-27-24)28-23(31)7-2-1-3-10-30-11-13-32-14-12-30/h4-6,8-9,15-17H,1,3,10-14H2,(H,28,31)(H,26,27,29). The van der Waals surface area contributed by atoms with Gasteiger partial charge in [0.1, 0.15) is 12.1 Å². The molecule has 1 aliphatic rings. The summed E-state index contributed by atoms with van der Waals surface area (Å²) in [5, 5.41) is 6.96. The number of unbranched alkanes of at least 4 members (excludes halogenated alkanes) is 1. The first-order valence-corrected chi connectivity index (χ1v) is 11.3. The summed E-state index contributed by atoms with van der Waals surface area (Å²) in [4.78, 5) is 23.3. The van der Waals surface area contributed by atoms with Crippen LogP contribution < -0.4 is 10.6 Å². The number of anilines is 3. The zero-order valence-electron chi connectivity index (χ0n) is 17.6. The van der Waals surface area contributed by atoms with Crippen LogP contribution in [0.5, 0.6) is 0 Å². The highest BCUT2D eigenvalue weighted by molar-refractivity contribution is 9.10. The Morgan fingerprint density at radius 2 is 2.00 bits per heavy atom. The zero-order valence-corrected chi connectivity index (χ0v) is 19.2. The normalized spacial score (nSPS) is 13.9. The SMILES string of the molecule is O=C(C#CCCCN1CCOCC1)Nc1ccc2ncnc(Nc3cccc(Br)c3)c2c1. The molecule has 1 fully saturated rings. The molecule has 2 aromatic carbocycles. The van der Waals surface area contributed by atoms with Crippen LogP contribution >= 0.6 is 15.9 Å². The van der Waals surface area contributed by atoms with Gasteiger partial charge in [-0.15, -0.1) is 0 Å². The number of nitrogens with zero attached hydrogens (tertiary/aromatic N) is 3. The van der Waals surface area contributed by atoms with E-state index in [1.807, 2.05) is 42.5 Å². The summed E-state index contributed by atoms with van der Waals surface area (Å²) in [5.41, 5.74) is 2.33. The molecule has 2 N–H and O–H groups in total. The van der Waals surface area contributed by atoms with Crippen LogP contribution in [0.25, 0.3) is 10.9 Å². The fourth-order valence-electron chi connectivity index (χ4n) is 3.46. The van der Waals surface area contributed by atoms with Crippen molar-refractivity contribution in [1.82, 2.24) is 14.9 Å². The molecule has 0 radical (unpaired) electrons. The topological polar surface area (TPSA) is 79.4 Å². The van der Waals surface area contributed by atoms with E-state index in [0.29, 0.717) is 17.9 Å². The Balaban J connectivity index is 1.37. The Kier molecular flexibility index (Phi) is 7.67. The van der Waals surface area contributed by atoms with Crippen LogP contribution in [0.15, 0.2) is 53.3 Å². The molecule has 2 heterocycles. The third-order valence-electron chi connectivity index (χ3n) is 5.06. The monoisotopic (exact) mass is 493 g/mol. The van der Waals surface area contributed by atoms with Crippen LogP contribution in [0.1, 0.15) is 12.8 Å². The van der Waals surface area contributed by atoms with Gasteiger partial charge in [0, 0.05) is 40.7 Å². The second kappa shape index (κ2) is 11.0. The van der Waals surface area contributed by atoms with Crippen molar-refractivity contribution in [3.05, 3.63) is 53.3 Å². The highest BCUT2D eigenvalue weighted by Crippen LogP contribution is 2.26. The van der Waals surface area contributed by atoms with Gasteiger partial charge in [0.15, 0.2) is 0 Å². The maximum absolute atomic E-state index is 12.3. The Morgan fingerprint density at radius 1 is 1.12 bits per heavy atom. The molecule has 0 aliphatic carbocycles. The molecule has 164 valence electrons. The molecule has 0 unspecified atom stereocenters. The predicted octanol–water partition coefficient (Wildman–Crippen LogP) is 4.19. The van der Waals surface area contributed by atoms with Crippen molar-refractivity contribution >= 4 is 49.9 Å². The Bertz CT molecular complexity index is 1150. The van der Waals surface area contributed by atoms with E-state index in [4.69, 9.17) is 4.74 Å². The minimum Gasteiger partial charge on any atom is -0.379 e. The fourth-order valence-corrected chi connectivity index (χ4v) is 3.86. The van der Waals surface area contributed by atoms with Gasteiger partial charge in [0.2, 0.25) is 0 Å². The summed E-state index contributed by atoms with van der Waals surface area (Å²) in [6, 6.07) is 13.4. The largest absolute Gasteiger partial charge is 0.379 e. The van der Waals surface area contributed by atoms with Crippen LogP contribution in [0.2, 0.25) is 0 Å². The lowest BCUT2D eigenvalue weighted by Gasteiger charge is -2.26. The molecular formula is C24H24BrN5O2. The highest BCUT2D eigenvalue weighted by Gasteiger charge is 2.09. The van der Waals surface area contributed by atoms with Crippen LogP contribution in [0.3, 0.4) is 0 Å². The van der Waals surface area contributed by atoms with Crippen LogP contribution in [0, 0.1) is 11.8 Å². The number of hydrogen-bond donors (Lipinski definition) is 2. The number of halogens is 1. The molecule has 4 rings (SSSR count). The number of rotatable bonds is 6. The number of carbonyl (C=O) groups is 1. The summed E-state index contributed by atoms with van der Waals surface area (Å²) in [7, 11) is 0. The van der Waals surface area contributed by atoms with Gasteiger partial charge in [0.25, 0.3) is 5.91 Å². The van der Waals surface area contributed by atoms with Gasteiger partial charge in [-0.1, -0.05) is 27.9 Å². The zero-order chi connectivity index (χ0) is 22.2. The molecule has 1 aromatic heterocycles. The van der Waals surface area contributed by atoms with E-state index in [9.17, 15) is 4.79 Å². The molecule has 1 saturated heterocycles. The average molecular weight is 494 g/mol. The third kappa shape index (κ3) is 6.26. The van der Waals surface area contributed by atoms with Crippen molar-refractivity contribution < 1.29 is 9.53 Å². The number of ether oxygens (including phenoxy) is 1. The fraction of sp³-hybridized carbons (Fsp3) is 0.292. The number of nitrogens with one attached hydrogen (secondary N) is 2. The molecule has 1 aliphatic heterocycles. The maximum atomic E-state index is 12.3. The van der Waals surface area contributed by atoms with Gasteiger partial charge in [-0.05, 0) is 55.3 Å². The van der Waals surface area contributed by atoms with Crippen LogP contribution in [0.4, 0.5) is 17.2 Å². The van der Waals surface area contributed by atoms with E-state index >= 15 is 0 Å². The first-order valence-electron chi connectivity index (χ1n) is 10.5. The lowest BCUT2D eigenvalue weighted by Crippen LogP contribution is -2.36. The molecule has 0 bridgehead atoms. The minimum atomic E-state index is -0.325. The first-order chi connectivity index (χ1) is 15.7. The van der Waals surface area contributed by atoms with E-state index in [2.05, 4.69) is 53.3 Å². The Morgan fingerprint density at radius 3 is 2.84 bits per heavy atom. The van der Waals surface area contributed by atoms with Crippen molar-refractivity contribution in [2.24, 2.45) is 0 Å². The lowest BCUT2D eigenvalue weighted by atomic mass is 10.2. The summed E-state index contributed by atoms with van der Waals surface area (Å²) in [5.74, 6) is 5.99. The van der Waals surface area contributed by atoms with E-state index in [-0.39, 0.29) is 5.91 Å². The average Bonchev–Trinajstić information content (AvgIpc) is 2.80. The third-order valence-corrected chi connectivity index (χ3v) is 5.56. The second-order valence-electron chi connectivity index (χ2n) is 7.40. The molecule has 1 amide bonds. The second-order valence-corrected chi connectivity index (χ2v) is 8.32. The number of carbonyl (C=O) groups excluding carboxylic acids is 1. The molecule has 32 heavy (non-hydrogen) atoms. The van der Waals surface area contributed by atoms with Crippen molar-refractivity contribution in [3.8, 4) is 11.8 Å². The molecule has 7 nitrogen and oxygen atoms in total. The number of aromatic nitrogens is 2. The molecule has 0 atom stereocenters. The van der Waals surface area contributed by atoms with E-state index in [1.165, 1.54) is 6.33 Å². The number of fused-ring (bicyclic) bond motifs is 1. The van der Waals surface area contributed by atoms with Crippen molar-refractivity contribution in [1.29, 1.82) is 0 Å². The van der Waals surface area contributed by atoms with Crippen LogP contribution in [-0.4, -0.2) is 53.6 Å². The van der Waals surface area contributed by atoms with Gasteiger partial charge < -0.3 is 15.4 Å². The molecule has 0 spiro atoms. The Hall–Kier alpha value is -2.99. The van der Waals surface area contributed by atoms with Crippen molar-refractivity contribution in [3.63, 3.8) is 0 Å². The number of amides is 1. The van der Waals surface area contributed by atoms with Crippen molar-refractivity contribution in [2.75, 3.05) is 43.5 Å². The van der Waals surface area contributed by atoms with E-state index in [0.717, 1.165) is 60.3 Å². The minimum absolute atomic E-state index is 0.325. The molecular weight excluding hydrogens is 470 g/mol. The van der Waals surface area contributed by atoms with Gasteiger partial charge in [0.05, 0.1) is 18.7 Å². The van der Waals surface area contributed by atoms with Crippen LogP contribution in [-0.2, 0) is 9.53 Å². The first kappa shape index (κ1) is 22.2. The van der Waals surface area contributed by atoms with Crippen molar-refractivity contribution in [2.45, 2.75) is 12.8 Å². The summed E-state index contributed by atoms with van der Waals surface area (Å²) in [6.07, 6.45) is 3.15. The quantitative estimate of drug-likeness (QED) is 0.395. The van der Waals surface area contributed by atoms with Gasteiger partial charge in [-0.2, -0.15) is 0 Å². The smallest absolute Gasteiger partial charge is 0.300 e. The van der Waals surface area contributed by atoms with Gasteiger partial charge in [-0.25, -0.2) is 9.97 Å². The summed E-state index contributed by atoms with van der Waals surface area (Å²) >= 11 is 3.47. The number of benzene rings is 2. The van der Waals surface area contributed by atoms with Gasteiger partial charge >= 0.3 is 0 Å². The van der Waals surface area contributed by atoms with Gasteiger partial charge in [-0.3, -0.25) is 9.69 Å². The summed E-state index contributed by atoms with van der Waals surface area (Å²) in [6.45, 7) is 4.52.